The van der Waals surface area contributed by atoms with Crippen molar-refractivity contribution in [3.8, 4) is 11.4 Å². The van der Waals surface area contributed by atoms with Gasteiger partial charge >= 0.3 is 0 Å². The van der Waals surface area contributed by atoms with E-state index in [0.717, 1.165) is 32.6 Å². The average Bonchev–Trinajstić information content (AvgIpc) is 2.68. The molecule has 1 aromatic heterocycles. The predicted octanol–water partition coefficient (Wildman–Crippen LogP) is 3.59. The first-order chi connectivity index (χ1) is 8.65. The first kappa shape index (κ1) is 11.3. The maximum Gasteiger partial charge on any atom is 0.140 e. The largest absolute Gasteiger partial charge is 0.399 e. The Morgan fingerprint density at radius 2 is 1.83 bits per heavy atom. The van der Waals surface area contributed by atoms with Crippen LogP contribution < -0.4 is 5.73 Å². The molecule has 0 atom stereocenters. The van der Waals surface area contributed by atoms with Gasteiger partial charge in [0.15, 0.2) is 0 Å². The molecule has 3 rings (SSSR count). The second-order valence-corrected chi connectivity index (χ2v) is 5.17. The summed E-state index contributed by atoms with van der Waals surface area (Å²) >= 11 is 3.48. The number of aromatic nitrogens is 2. The summed E-state index contributed by atoms with van der Waals surface area (Å²) in [6, 6.07) is 13.9. The molecular formula is C14H12BrN3. The lowest BCUT2D eigenvalue weighted by molar-refractivity contribution is 0.959. The van der Waals surface area contributed by atoms with E-state index in [4.69, 9.17) is 5.73 Å². The van der Waals surface area contributed by atoms with Crippen LogP contribution in [0.2, 0.25) is 0 Å². The zero-order valence-electron chi connectivity index (χ0n) is 9.89. The fourth-order valence-corrected chi connectivity index (χ4v) is 2.40. The number of hydrogen-bond acceptors (Lipinski definition) is 2. The molecule has 3 aromatic rings. The topological polar surface area (TPSA) is 43.8 Å². The summed E-state index contributed by atoms with van der Waals surface area (Å²) < 4.78 is 3.15. The molecule has 0 saturated heterocycles. The third-order valence-electron chi connectivity index (χ3n) is 3.01. The highest BCUT2D eigenvalue weighted by Gasteiger charge is 2.09. The standard InChI is InChI=1S/C14H12BrN3/c1-18-13-8-10(15)4-7-12(13)17-14(18)9-2-5-11(16)6-3-9/h2-8H,16H2,1H3. The van der Waals surface area contributed by atoms with Crippen molar-refractivity contribution in [3.05, 3.63) is 46.9 Å². The molecule has 4 heteroatoms. The number of aryl methyl sites for hydroxylation is 1. The van der Waals surface area contributed by atoms with Crippen LogP contribution in [0, 0.1) is 0 Å². The molecule has 0 unspecified atom stereocenters. The molecule has 0 aliphatic carbocycles. The molecule has 0 radical (unpaired) electrons. The Balaban J connectivity index is 2.23. The van der Waals surface area contributed by atoms with E-state index in [-0.39, 0.29) is 0 Å². The van der Waals surface area contributed by atoms with Crippen LogP contribution in [0.25, 0.3) is 22.4 Å². The van der Waals surface area contributed by atoms with E-state index in [2.05, 4.69) is 31.5 Å². The van der Waals surface area contributed by atoms with E-state index < -0.39 is 0 Å². The minimum Gasteiger partial charge on any atom is -0.399 e. The van der Waals surface area contributed by atoms with E-state index in [0.29, 0.717) is 0 Å². The molecule has 0 saturated carbocycles. The first-order valence-corrected chi connectivity index (χ1v) is 6.42. The molecule has 0 aliphatic rings. The van der Waals surface area contributed by atoms with Gasteiger partial charge in [0, 0.05) is 22.8 Å². The van der Waals surface area contributed by atoms with Crippen molar-refractivity contribution in [1.82, 2.24) is 9.55 Å². The fourth-order valence-electron chi connectivity index (χ4n) is 2.05. The van der Waals surface area contributed by atoms with Crippen LogP contribution in [0.5, 0.6) is 0 Å². The number of benzene rings is 2. The average molecular weight is 302 g/mol. The lowest BCUT2D eigenvalue weighted by Gasteiger charge is -2.02. The van der Waals surface area contributed by atoms with Gasteiger partial charge in [-0.3, -0.25) is 0 Å². The predicted molar refractivity (Wildman–Crippen MR) is 78.3 cm³/mol. The smallest absolute Gasteiger partial charge is 0.140 e. The van der Waals surface area contributed by atoms with Gasteiger partial charge in [-0.05, 0) is 42.5 Å². The second kappa shape index (κ2) is 4.14. The van der Waals surface area contributed by atoms with Crippen LogP contribution in [0.4, 0.5) is 5.69 Å². The van der Waals surface area contributed by atoms with Crippen LogP contribution in [0.15, 0.2) is 46.9 Å². The Kier molecular flexibility index (Phi) is 2.59. The Hall–Kier alpha value is -1.81. The lowest BCUT2D eigenvalue weighted by atomic mass is 10.2. The minimum atomic E-state index is 0.764. The van der Waals surface area contributed by atoms with E-state index in [1.54, 1.807) is 0 Å². The normalized spacial score (nSPS) is 11.0. The van der Waals surface area contributed by atoms with Crippen molar-refractivity contribution in [1.29, 1.82) is 0 Å². The number of nitrogen functional groups attached to an aromatic ring is 1. The zero-order chi connectivity index (χ0) is 12.7. The molecule has 0 fully saturated rings. The van der Waals surface area contributed by atoms with Gasteiger partial charge in [-0.1, -0.05) is 15.9 Å². The summed E-state index contributed by atoms with van der Waals surface area (Å²) in [6.07, 6.45) is 0. The Morgan fingerprint density at radius 1 is 1.11 bits per heavy atom. The summed E-state index contributed by atoms with van der Waals surface area (Å²) in [5, 5.41) is 0. The third-order valence-corrected chi connectivity index (χ3v) is 3.51. The van der Waals surface area contributed by atoms with Gasteiger partial charge in [0.25, 0.3) is 0 Å². The lowest BCUT2D eigenvalue weighted by Crippen LogP contribution is -1.93. The van der Waals surface area contributed by atoms with Crippen LogP contribution in [-0.2, 0) is 7.05 Å². The maximum atomic E-state index is 5.70. The van der Waals surface area contributed by atoms with Crippen molar-refractivity contribution in [3.63, 3.8) is 0 Å². The number of nitrogens with zero attached hydrogens (tertiary/aromatic N) is 2. The van der Waals surface area contributed by atoms with Crippen LogP contribution in [-0.4, -0.2) is 9.55 Å². The van der Waals surface area contributed by atoms with E-state index in [9.17, 15) is 0 Å². The monoisotopic (exact) mass is 301 g/mol. The molecule has 0 bridgehead atoms. The van der Waals surface area contributed by atoms with Gasteiger partial charge in [-0.25, -0.2) is 4.98 Å². The first-order valence-electron chi connectivity index (χ1n) is 5.63. The molecular weight excluding hydrogens is 290 g/mol. The highest BCUT2D eigenvalue weighted by atomic mass is 79.9. The highest BCUT2D eigenvalue weighted by molar-refractivity contribution is 9.10. The number of fused-ring (bicyclic) bond motifs is 1. The van der Waals surface area contributed by atoms with Gasteiger partial charge in [0.2, 0.25) is 0 Å². The molecule has 0 spiro atoms. The van der Waals surface area contributed by atoms with Crippen LogP contribution in [0.1, 0.15) is 0 Å². The molecule has 18 heavy (non-hydrogen) atoms. The highest BCUT2D eigenvalue weighted by Crippen LogP contribution is 2.26. The number of hydrogen-bond donors (Lipinski definition) is 1. The Labute approximate surface area is 113 Å². The zero-order valence-corrected chi connectivity index (χ0v) is 11.5. The molecule has 0 amide bonds. The van der Waals surface area contributed by atoms with Gasteiger partial charge in [-0.15, -0.1) is 0 Å². The molecule has 2 aromatic carbocycles. The number of rotatable bonds is 1. The molecule has 0 aliphatic heterocycles. The SMILES string of the molecule is Cn1c(-c2ccc(N)cc2)nc2ccc(Br)cc21. The fraction of sp³-hybridized carbons (Fsp3) is 0.0714. The number of nitrogens with two attached hydrogens (primary N) is 1. The molecule has 1 heterocycles. The van der Waals surface area contributed by atoms with Gasteiger partial charge in [0.1, 0.15) is 5.82 Å². The molecule has 90 valence electrons. The Morgan fingerprint density at radius 3 is 2.56 bits per heavy atom. The van der Waals surface area contributed by atoms with E-state index in [1.807, 2.05) is 43.4 Å². The Bertz CT molecular complexity index is 714. The van der Waals surface area contributed by atoms with Gasteiger partial charge < -0.3 is 10.3 Å². The minimum absolute atomic E-state index is 0.764. The molecule has 2 N–H and O–H groups in total. The van der Waals surface area contributed by atoms with E-state index >= 15 is 0 Å². The second-order valence-electron chi connectivity index (χ2n) is 4.25. The van der Waals surface area contributed by atoms with Crippen molar-refractivity contribution >= 4 is 32.7 Å². The summed E-state index contributed by atoms with van der Waals surface area (Å²) in [4.78, 5) is 4.65. The van der Waals surface area contributed by atoms with Crippen LogP contribution in [0.3, 0.4) is 0 Å². The van der Waals surface area contributed by atoms with Gasteiger partial charge in [0.05, 0.1) is 11.0 Å². The number of imidazole rings is 1. The maximum absolute atomic E-state index is 5.70. The summed E-state index contributed by atoms with van der Waals surface area (Å²) in [6.45, 7) is 0. The number of halogens is 1. The van der Waals surface area contributed by atoms with Crippen molar-refractivity contribution in [2.45, 2.75) is 0 Å². The molecule has 3 nitrogen and oxygen atoms in total. The van der Waals surface area contributed by atoms with Crippen molar-refractivity contribution in [2.75, 3.05) is 5.73 Å². The van der Waals surface area contributed by atoms with E-state index in [1.165, 1.54) is 0 Å². The summed E-state index contributed by atoms with van der Waals surface area (Å²) in [5.74, 6) is 0.947. The summed E-state index contributed by atoms with van der Waals surface area (Å²) in [5.41, 5.74) is 9.64. The van der Waals surface area contributed by atoms with Crippen LogP contribution >= 0.6 is 15.9 Å². The summed E-state index contributed by atoms with van der Waals surface area (Å²) in [7, 11) is 2.02. The van der Waals surface area contributed by atoms with Crippen molar-refractivity contribution in [2.24, 2.45) is 7.05 Å². The van der Waals surface area contributed by atoms with Gasteiger partial charge in [-0.2, -0.15) is 0 Å². The third kappa shape index (κ3) is 1.78. The number of anilines is 1. The quantitative estimate of drug-likeness (QED) is 0.698. The van der Waals surface area contributed by atoms with Crippen molar-refractivity contribution < 1.29 is 0 Å².